The van der Waals surface area contributed by atoms with Crippen LogP contribution in [0, 0.1) is 6.92 Å². The van der Waals surface area contributed by atoms with Gasteiger partial charge in [-0.3, -0.25) is 14.3 Å². The molecule has 0 fully saturated rings. The van der Waals surface area contributed by atoms with Gasteiger partial charge in [-0.2, -0.15) is 5.10 Å². The molecular weight excluding hydrogens is 318 g/mol. The van der Waals surface area contributed by atoms with E-state index >= 15 is 0 Å². The number of aromatic amines is 1. The number of aromatic nitrogens is 4. The van der Waals surface area contributed by atoms with Gasteiger partial charge < -0.3 is 10.3 Å². The van der Waals surface area contributed by atoms with Gasteiger partial charge in [0.15, 0.2) is 5.69 Å². The number of amides is 1. The second-order valence-electron chi connectivity index (χ2n) is 6.42. The van der Waals surface area contributed by atoms with Crippen LogP contribution in [0.25, 0.3) is 11.0 Å². The number of para-hydroxylation sites is 2. The number of carbonyl (C=O) groups excluding carboxylic acids is 1. The van der Waals surface area contributed by atoms with Crippen LogP contribution in [-0.4, -0.2) is 25.7 Å². The van der Waals surface area contributed by atoms with Crippen molar-refractivity contribution < 1.29 is 4.79 Å². The van der Waals surface area contributed by atoms with Gasteiger partial charge in [0.05, 0.1) is 22.8 Å². The number of rotatable bonds is 2. The summed E-state index contributed by atoms with van der Waals surface area (Å²) >= 11 is 0. The third-order valence-corrected chi connectivity index (χ3v) is 4.77. The average Bonchev–Trinajstić information content (AvgIpc) is 2.89. The van der Waals surface area contributed by atoms with E-state index in [0.717, 1.165) is 36.2 Å². The van der Waals surface area contributed by atoms with Gasteiger partial charge in [-0.05, 0) is 38.3 Å². The van der Waals surface area contributed by atoms with Crippen molar-refractivity contribution in [1.29, 1.82) is 0 Å². The van der Waals surface area contributed by atoms with Gasteiger partial charge in [0.1, 0.15) is 0 Å². The van der Waals surface area contributed by atoms with E-state index in [1.165, 1.54) is 0 Å². The quantitative estimate of drug-likeness (QED) is 0.745. The molecule has 4 rings (SSSR count). The van der Waals surface area contributed by atoms with Crippen molar-refractivity contribution in [3.63, 3.8) is 0 Å². The Hall–Kier alpha value is -2.96. The first kappa shape index (κ1) is 15.6. The molecule has 2 heterocycles. The summed E-state index contributed by atoms with van der Waals surface area (Å²) in [6.45, 7) is 1.95. The summed E-state index contributed by atoms with van der Waals surface area (Å²) in [5, 5.41) is 7.44. The van der Waals surface area contributed by atoms with E-state index in [0.29, 0.717) is 11.0 Å². The Morgan fingerprint density at radius 1 is 1.36 bits per heavy atom. The molecule has 1 unspecified atom stereocenters. The fraction of sp³-hybridized carbons (Fsp3) is 0.333. The van der Waals surface area contributed by atoms with Gasteiger partial charge >= 0.3 is 0 Å². The summed E-state index contributed by atoms with van der Waals surface area (Å²) in [7, 11) is 1.92. The highest BCUT2D eigenvalue weighted by atomic mass is 16.2. The van der Waals surface area contributed by atoms with Crippen LogP contribution in [-0.2, 0) is 13.5 Å². The highest BCUT2D eigenvalue weighted by Crippen LogP contribution is 2.31. The number of benzene rings is 1. The smallest absolute Gasteiger partial charge is 0.280 e. The molecule has 1 aliphatic rings. The Kier molecular flexibility index (Phi) is 3.63. The van der Waals surface area contributed by atoms with Crippen LogP contribution in [0.2, 0.25) is 0 Å². The monoisotopic (exact) mass is 337 g/mol. The Morgan fingerprint density at radius 3 is 3.00 bits per heavy atom. The van der Waals surface area contributed by atoms with E-state index in [1.807, 2.05) is 30.8 Å². The maximum atomic E-state index is 12.7. The van der Waals surface area contributed by atoms with Crippen LogP contribution < -0.4 is 10.9 Å². The van der Waals surface area contributed by atoms with Gasteiger partial charge in [0.2, 0.25) is 0 Å². The molecule has 1 aliphatic carbocycles. The molecule has 0 saturated carbocycles. The van der Waals surface area contributed by atoms with E-state index in [4.69, 9.17) is 0 Å². The molecule has 128 valence electrons. The number of carbonyl (C=O) groups is 1. The number of nitrogens with one attached hydrogen (secondary N) is 2. The first-order chi connectivity index (χ1) is 12.0. The van der Waals surface area contributed by atoms with E-state index < -0.39 is 11.5 Å². The fourth-order valence-corrected chi connectivity index (χ4v) is 3.64. The number of H-pyrrole nitrogens is 1. The van der Waals surface area contributed by atoms with Gasteiger partial charge in [0.25, 0.3) is 11.5 Å². The van der Waals surface area contributed by atoms with E-state index in [1.54, 1.807) is 12.1 Å². The topological polar surface area (TPSA) is 92.7 Å². The molecule has 7 heteroatoms. The number of nitrogens with zero attached hydrogens (tertiary/aromatic N) is 3. The zero-order valence-electron chi connectivity index (χ0n) is 14.2. The summed E-state index contributed by atoms with van der Waals surface area (Å²) < 4.78 is 1.88. The standard InChI is InChI=1S/C18H19N5O2/c1-10-15-13(8-5-9-14(15)23(2)22-10)21-18(25)16-17(24)20-12-7-4-3-6-11(12)19-16/h3-4,6-7,13H,5,8-9H2,1-2H3,(H,20,24)(H,21,25). The van der Waals surface area contributed by atoms with Crippen LogP contribution >= 0.6 is 0 Å². The number of hydrogen-bond donors (Lipinski definition) is 2. The number of fused-ring (bicyclic) bond motifs is 2. The summed E-state index contributed by atoms with van der Waals surface area (Å²) in [6.07, 6.45) is 2.75. The summed E-state index contributed by atoms with van der Waals surface area (Å²) in [6, 6.07) is 7.03. The first-order valence-corrected chi connectivity index (χ1v) is 8.37. The third-order valence-electron chi connectivity index (χ3n) is 4.77. The first-order valence-electron chi connectivity index (χ1n) is 8.37. The van der Waals surface area contributed by atoms with Crippen LogP contribution in [0.5, 0.6) is 0 Å². The van der Waals surface area contributed by atoms with Crippen LogP contribution in [0.1, 0.15) is 46.3 Å². The van der Waals surface area contributed by atoms with Gasteiger partial charge in [-0.1, -0.05) is 12.1 Å². The minimum Gasteiger partial charge on any atom is -0.344 e. The minimum atomic E-state index is -0.477. The SMILES string of the molecule is Cc1nn(C)c2c1C(NC(=O)c1nc3ccccc3[nH]c1=O)CCC2. The molecule has 7 nitrogen and oxygen atoms in total. The largest absolute Gasteiger partial charge is 0.344 e. The van der Waals surface area contributed by atoms with E-state index in [9.17, 15) is 9.59 Å². The van der Waals surface area contributed by atoms with Crippen molar-refractivity contribution in [1.82, 2.24) is 25.1 Å². The average molecular weight is 337 g/mol. The molecule has 1 amide bonds. The molecule has 3 aromatic rings. The maximum absolute atomic E-state index is 12.7. The van der Waals surface area contributed by atoms with Crippen LogP contribution in [0.4, 0.5) is 0 Å². The van der Waals surface area contributed by atoms with Crippen LogP contribution in [0.3, 0.4) is 0 Å². The molecule has 0 aliphatic heterocycles. The van der Waals surface area contributed by atoms with Crippen molar-refractivity contribution in [2.75, 3.05) is 0 Å². The minimum absolute atomic E-state index is 0.104. The van der Waals surface area contributed by atoms with Gasteiger partial charge in [-0.15, -0.1) is 0 Å². The van der Waals surface area contributed by atoms with Crippen molar-refractivity contribution in [2.24, 2.45) is 7.05 Å². The molecule has 2 aromatic heterocycles. The van der Waals surface area contributed by atoms with Gasteiger partial charge in [-0.25, -0.2) is 4.98 Å². The lowest BCUT2D eigenvalue weighted by molar-refractivity contribution is 0.0926. The molecule has 0 saturated heterocycles. The molecule has 1 atom stereocenters. The maximum Gasteiger partial charge on any atom is 0.280 e. The highest BCUT2D eigenvalue weighted by molar-refractivity contribution is 5.94. The Balaban J connectivity index is 1.68. The fourth-order valence-electron chi connectivity index (χ4n) is 3.64. The second-order valence-corrected chi connectivity index (χ2v) is 6.42. The number of hydrogen-bond acceptors (Lipinski definition) is 4. The summed E-state index contributed by atoms with van der Waals surface area (Å²) in [5.74, 6) is -0.451. The van der Waals surface area contributed by atoms with Gasteiger partial charge in [0, 0.05) is 18.3 Å². The van der Waals surface area contributed by atoms with E-state index in [-0.39, 0.29) is 11.7 Å². The van der Waals surface area contributed by atoms with Crippen molar-refractivity contribution in [2.45, 2.75) is 32.2 Å². The van der Waals surface area contributed by atoms with Crippen molar-refractivity contribution >= 4 is 16.9 Å². The second kappa shape index (κ2) is 5.84. The lowest BCUT2D eigenvalue weighted by Crippen LogP contribution is -2.35. The predicted octanol–water partition coefficient (Wildman–Crippen LogP) is 1.77. The normalized spacial score (nSPS) is 16.6. The number of aryl methyl sites for hydroxylation is 2. The highest BCUT2D eigenvalue weighted by Gasteiger charge is 2.28. The third kappa shape index (κ3) is 2.61. The molecule has 0 spiro atoms. The van der Waals surface area contributed by atoms with Crippen molar-refractivity contribution in [3.05, 3.63) is 57.3 Å². The Bertz CT molecular complexity index is 1030. The molecular formula is C18H19N5O2. The molecule has 25 heavy (non-hydrogen) atoms. The lowest BCUT2D eigenvalue weighted by Gasteiger charge is -2.24. The van der Waals surface area contributed by atoms with E-state index in [2.05, 4.69) is 20.4 Å². The molecule has 1 aromatic carbocycles. The zero-order valence-corrected chi connectivity index (χ0v) is 14.2. The lowest BCUT2D eigenvalue weighted by atomic mass is 9.91. The Labute approximate surface area is 144 Å². The molecule has 0 bridgehead atoms. The predicted molar refractivity (Wildman–Crippen MR) is 93.5 cm³/mol. The van der Waals surface area contributed by atoms with Crippen molar-refractivity contribution in [3.8, 4) is 0 Å². The summed E-state index contributed by atoms with van der Waals surface area (Å²) in [4.78, 5) is 31.9. The Morgan fingerprint density at radius 2 is 2.16 bits per heavy atom. The molecule has 0 radical (unpaired) electrons. The zero-order chi connectivity index (χ0) is 17.6. The summed E-state index contributed by atoms with van der Waals surface area (Å²) in [5.41, 5.74) is 3.76. The van der Waals surface area contributed by atoms with Crippen LogP contribution in [0.15, 0.2) is 29.1 Å². The molecule has 2 N–H and O–H groups in total.